The molecule has 2 heterocycles. The molecule has 2 aromatic heterocycles. The lowest BCUT2D eigenvalue weighted by Gasteiger charge is -2.07. The number of unbranched alkanes of at least 4 members (excludes halogenated alkanes) is 1. The summed E-state index contributed by atoms with van der Waals surface area (Å²) in [4.78, 5) is 19.6. The SMILES string of the molecule is CCCCSc1nc2c(cnn2-c2ccccc2C)c(=O)[nH]1. The summed E-state index contributed by atoms with van der Waals surface area (Å²) in [6.07, 6.45) is 3.80. The summed E-state index contributed by atoms with van der Waals surface area (Å²) in [6.45, 7) is 4.17. The molecule has 3 rings (SSSR count). The van der Waals surface area contributed by atoms with Crippen molar-refractivity contribution in [2.75, 3.05) is 5.75 Å². The van der Waals surface area contributed by atoms with Crippen molar-refractivity contribution in [2.45, 2.75) is 31.8 Å². The highest BCUT2D eigenvalue weighted by atomic mass is 32.2. The molecule has 0 aliphatic carbocycles. The van der Waals surface area contributed by atoms with Crippen molar-refractivity contribution in [3.63, 3.8) is 0 Å². The van der Waals surface area contributed by atoms with Gasteiger partial charge in [0.1, 0.15) is 5.39 Å². The number of fused-ring (bicyclic) bond motifs is 1. The highest BCUT2D eigenvalue weighted by Crippen LogP contribution is 2.20. The lowest BCUT2D eigenvalue weighted by Crippen LogP contribution is -2.10. The van der Waals surface area contributed by atoms with Crippen molar-refractivity contribution in [1.82, 2.24) is 19.7 Å². The number of aromatic nitrogens is 4. The molecule has 0 spiro atoms. The van der Waals surface area contributed by atoms with E-state index in [0.29, 0.717) is 16.2 Å². The highest BCUT2D eigenvalue weighted by molar-refractivity contribution is 7.99. The number of hydrogen-bond acceptors (Lipinski definition) is 4. The minimum Gasteiger partial charge on any atom is -0.301 e. The zero-order valence-electron chi connectivity index (χ0n) is 12.7. The van der Waals surface area contributed by atoms with Gasteiger partial charge in [-0.1, -0.05) is 43.3 Å². The Labute approximate surface area is 132 Å². The minimum atomic E-state index is -0.135. The van der Waals surface area contributed by atoms with E-state index in [-0.39, 0.29) is 5.56 Å². The van der Waals surface area contributed by atoms with Crippen molar-refractivity contribution in [1.29, 1.82) is 0 Å². The fourth-order valence-electron chi connectivity index (χ4n) is 2.26. The minimum absolute atomic E-state index is 0.135. The van der Waals surface area contributed by atoms with Crippen LogP contribution in [0, 0.1) is 6.92 Å². The number of benzene rings is 1. The average Bonchev–Trinajstić information content (AvgIpc) is 2.92. The van der Waals surface area contributed by atoms with Crippen LogP contribution in [0.15, 0.2) is 40.4 Å². The Balaban J connectivity index is 2.09. The molecule has 22 heavy (non-hydrogen) atoms. The third kappa shape index (κ3) is 2.78. The van der Waals surface area contributed by atoms with E-state index < -0.39 is 0 Å². The third-order valence-electron chi connectivity index (χ3n) is 3.50. The summed E-state index contributed by atoms with van der Waals surface area (Å²) in [7, 11) is 0. The largest absolute Gasteiger partial charge is 0.301 e. The van der Waals surface area contributed by atoms with E-state index in [2.05, 4.69) is 22.0 Å². The number of nitrogens with zero attached hydrogens (tertiary/aromatic N) is 3. The molecule has 0 aliphatic heterocycles. The Kier molecular flexibility index (Phi) is 4.29. The lowest BCUT2D eigenvalue weighted by atomic mass is 10.2. The molecule has 1 aromatic carbocycles. The van der Waals surface area contributed by atoms with E-state index in [1.807, 2.05) is 31.2 Å². The van der Waals surface area contributed by atoms with Crippen LogP contribution in [0.3, 0.4) is 0 Å². The predicted octanol–water partition coefficient (Wildman–Crippen LogP) is 3.31. The number of aryl methyl sites for hydroxylation is 1. The number of rotatable bonds is 5. The van der Waals surface area contributed by atoms with Gasteiger partial charge in [0.05, 0.1) is 11.9 Å². The number of thioether (sulfide) groups is 1. The second-order valence-electron chi connectivity index (χ2n) is 5.15. The van der Waals surface area contributed by atoms with Crippen LogP contribution in [-0.2, 0) is 0 Å². The van der Waals surface area contributed by atoms with Crippen LogP contribution in [-0.4, -0.2) is 25.5 Å². The van der Waals surface area contributed by atoms with Gasteiger partial charge in [0.25, 0.3) is 5.56 Å². The molecular formula is C16H18N4OS. The van der Waals surface area contributed by atoms with Gasteiger partial charge in [0.2, 0.25) is 0 Å². The van der Waals surface area contributed by atoms with Gasteiger partial charge in [-0.15, -0.1) is 0 Å². The summed E-state index contributed by atoms with van der Waals surface area (Å²) in [5.74, 6) is 0.948. The van der Waals surface area contributed by atoms with Crippen LogP contribution in [0.4, 0.5) is 0 Å². The molecular weight excluding hydrogens is 296 g/mol. The molecule has 0 amide bonds. The zero-order chi connectivity index (χ0) is 15.5. The van der Waals surface area contributed by atoms with Crippen LogP contribution in [0.5, 0.6) is 0 Å². The van der Waals surface area contributed by atoms with Crippen LogP contribution in [0.25, 0.3) is 16.7 Å². The molecule has 1 N–H and O–H groups in total. The summed E-state index contributed by atoms with van der Waals surface area (Å²) in [6, 6.07) is 7.94. The van der Waals surface area contributed by atoms with Gasteiger partial charge < -0.3 is 4.98 Å². The maximum Gasteiger partial charge on any atom is 0.262 e. The standard InChI is InChI=1S/C16H18N4OS/c1-3-4-9-22-16-18-14-12(15(21)19-16)10-17-20(14)13-8-6-5-7-11(13)2/h5-8,10H,3-4,9H2,1-2H3,(H,18,19,21). The molecule has 0 bridgehead atoms. The first kappa shape index (κ1) is 14.8. The van der Waals surface area contributed by atoms with E-state index in [0.717, 1.165) is 29.8 Å². The van der Waals surface area contributed by atoms with Crippen LogP contribution in [0.1, 0.15) is 25.3 Å². The summed E-state index contributed by atoms with van der Waals surface area (Å²) in [5, 5.41) is 5.52. The summed E-state index contributed by atoms with van der Waals surface area (Å²) < 4.78 is 1.74. The molecule has 0 fully saturated rings. The molecule has 0 radical (unpaired) electrons. The van der Waals surface area contributed by atoms with Gasteiger partial charge in [-0.25, -0.2) is 9.67 Å². The molecule has 0 saturated heterocycles. The maximum atomic E-state index is 12.2. The topological polar surface area (TPSA) is 63.6 Å². The Morgan fingerprint density at radius 1 is 1.32 bits per heavy atom. The van der Waals surface area contributed by atoms with Crippen molar-refractivity contribution in [3.05, 3.63) is 46.4 Å². The molecule has 6 heteroatoms. The first-order valence-electron chi connectivity index (χ1n) is 7.37. The van der Waals surface area contributed by atoms with E-state index in [1.165, 1.54) is 0 Å². The fourth-order valence-corrected chi connectivity index (χ4v) is 3.20. The van der Waals surface area contributed by atoms with Crippen LogP contribution >= 0.6 is 11.8 Å². The van der Waals surface area contributed by atoms with E-state index >= 15 is 0 Å². The average molecular weight is 314 g/mol. The van der Waals surface area contributed by atoms with Crippen LogP contribution < -0.4 is 5.56 Å². The molecule has 3 aromatic rings. The predicted molar refractivity (Wildman–Crippen MR) is 89.9 cm³/mol. The van der Waals surface area contributed by atoms with Gasteiger partial charge >= 0.3 is 0 Å². The van der Waals surface area contributed by atoms with Gasteiger partial charge in [-0.3, -0.25) is 4.79 Å². The van der Waals surface area contributed by atoms with Crippen molar-refractivity contribution in [3.8, 4) is 5.69 Å². The molecule has 0 unspecified atom stereocenters. The van der Waals surface area contributed by atoms with E-state index in [1.54, 1.807) is 22.6 Å². The second kappa shape index (κ2) is 6.36. The maximum absolute atomic E-state index is 12.2. The van der Waals surface area contributed by atoms with Crippen molar-refractivity contribution < 1.29 is 0 Å². The van der Waals surface area contributed by atoms with E-state index in [4.69, 9.17) is 0 Å². The van der Waals surface area contributed by atoms with Gasteiger partial charge in [-0.05, 0) is 25.0 Å². The summed E-state index contributed by atoms with van der Waals surface area (Å²) >= 11 is 1.58. The first-order valence-corrected chi connectivity index (χ1v) is 8.36. The van der Waals surface area contributed by atoms with Gasteiger partial charge in [0, 0.05) is 5.75 Å². The molecule has 114 valence electrons. The van der Waals surface area contributed by atoms with Gasteiger partial charge in [-0.2, -0.15) is 5.10 Å². The van der Waals surface area contributed by atoms with Crippen molar-refractivity contribution >= 4 is 22.8 Å². The van der Waals surface area contributed by atoms with E-state index in [9.17, 15) is 4.79 Å². The normalized spacial score (nSPS) is 11.2. The third-order valence-corrected chi connectivity index (χ3v) is 4.46. The highest BCUT2D eigenvalue weighted by Gasteiger charge is 2.12. The fraction of sp³-hybridized carbons (Fsp3) is 0.312. The number of nitrogens with one attached hydrogen (secondary N) is 1. The molecule has 0 aliphatic rings. The number of hydrogen-bond donors (Lipinski definition) is 1. The number of aromatic amines is 1. The van der Waals surface area contributed by atoms with Crippen molar-refractivity contribution in [2.24, 2.45) is 0 Å². The molecule has 5 nitrogen and oxygen atoms in total. The Morgan fingerprint density at radius 3 is 2.91 bits per heavy atom. The Bertz CT molecular complexity index is 853. The Morgan fingerprint density at radius 2 is 2.14 bits per heavy atom. The Hall–Kier alpha value is -2.08. The molecule has 0 atom stereocenters. The smallest absolute Gasteiger partial charge is 0.262 e. The molecule has 0 saturated carbocycles. The zero-order valence-corrected chi connectivity index (χ0v) is 13.5. The second-order valence-corrected chi connectivity index (χ2v) is 6.24. The first-order chi connectivity index (χ1) is 10.7. The van der Waals surface area contributed by atoms with Gasteiger partial charge in [0.15, 0.2) is 10.8 Å². The summed E-state index contributed by atoms with van der Waals surface area (Å²) in [5.41, 5.74) is 2.51. The number of para-hydroxylation sites is 1. The number of H-pyrrole nitrogens is 1. The monoisotopic (exact) mass is 314 g/mol. The lowest BCUT2D eigenvalue weighted by molar-refractivity contribution is 0.862. The van der Waals surface area contributed by atoms with Crippen LogP contribution in [0.2, 0.25) is 0 Å². The quantitative estimate of drug-likeness (QED) is 0.446.